The molecule has 0 bridgehead atoms. The summed E-state index contributed by atoms with van der Waals surface area (Å²) >= 11 is 3.08. The Labute approximate surface area is 201 Å². The zero-order chi connectivity index (χ0) is 23.8. The molecule has 0 aliphatic carbocycles. The summed E-state index contributed by atoms with van der Waals surface area (Å²) in [6, 6.07) is 1.85. The van der Waals surface area contributed by atoms with Gasteiger partial charge < -0.3 is 9.47 Å². The topological polar surface area (TPSA) is 78.4 Å². The molecule has 8 heteroatoms. The summed E-state index contributed by atoms with van der Waals surface area (Å²) in [6.45, 7) is 13.1. The molecule has 1 atom stereocenters. The lowest BCUT2D eigenvalue weighted by molar-refractivity contribution is -0.141. The monoisotopic (exact) mass is 480 g/mol. The van der Waals surface area contributed by atoms with Gasteiger partial charge in [-0.25, -0.2) is 19.6 Å². The van der Waals surface area contributed by atoms with E-state index in [4.69, 9.17) is 9.47 Å². The van der Waals surface area contributed by atoms with E-state index in [-0.39, 0.29) is 17.4 Å². The maximum absolute atomic E-state index is 12.0. The fourth-order valence-electron chi connectivity index (χ4n) is 2.53. The predicted molar refractivity (Wildman–Crippen MR) is 132 cm³/mol. The van der Waals surface area contributed by atoms with Crippen LogP contribution in [0, 0.1) is 0 Å². The fourth-order valence-corrected chi connectivity index (χ4v) is 4.38. The van der Waals surface area contributed by atoms with E-state index in [9.17, 15) is 9.59 Å². The second kappa shape index (κ2) is 16.8. The number of esters is 2. The van der Waals surface area contributed by atoms with Crippen LogP contribution in [0.3, 0.4) is 0 Å². The van der Waals surface area contributed by atoms with Crippen LogP contribution in [-0.4, -0.2) is 39.7 Å². The maximum atomic E-state index is 12.0. The summed E-state index contributed by atoms with van der Waals surface area (Å²) in [5, 5.41) is 1.53. The van der Waals surface area contributed by atoms with Gasteiger partial charge in [-0.3, -0.25) is 0 Å². The molecule has 1 aromatic rings. The normalized spacial score (nSPS) is 11.6. The molecule has 32 heavy (non-hydrogen) atoms. The minimum absolute atomic E-state index is 0.280. The van der Waals surface area contributed by atoms with Crippen molar-refractivity contribution in [3.63, 3.8) is 0 Å². The van der Waals surface area contributed by atoms with E-state index in [0.717, 1.165) is 67.3 Å². The Kier molecular flexibility index (Phi) is 14.8. The third-order valence-corrected chi connectivity index (χ3v) is 6.35. The zero-order valence-electron chi connectivity index (χ0n) is 19.6. The first kappa shape index (κ1) is 28.2. The minimum atomic E-state index is -0.364. The Morgan fingerprint density at radius 1 is 1.03 bits per heavy atom. The van der Waals surface area contributed by atoms with Crippen LogP contribution in [0.2, 0.25) is 0 Å². The first-order chi connectivity index (χ1) is 15.3. The summed E-state index contributed by atoms with van der Waals surface area (Å²) in [6.07, 6.45) is 9.70. The third-order valence-electron chi connectivity index (χ3n) is 4.34. The van der Waals surface area contributed by atoms with Crippen molar-refractivity contribution in [2.75, 3.05) is 12.4 Å². The molecular weight excluding hydrogens is 444 g/mol. The molecule has 178 valence electrons. The van der Waals surface area contributed by atoms with E-state index < -0.39 is 0 Å². The van der Waals surface area contributed by atoms with Crippen LogP contribution in [0.5, 0.6) is 0 Å². The summed E-state index contributed by atoms with van der Waals surface area (Å²) < 4.78 is 10.7. The van der Waals surface area contributed by atoms with Crippen molar-refractivity contribution in [1.82, 2.24) is 9.97 Å². The molecule has 0 aliphatic rings. The van der Waals surface area contributed by atoms with Crippen molar-refractivity contribution in [3.05, 3.63) is 36.6 Å². The molecule has 1 unspecified atom stereocenters. The van der Waals surface area contributed by atoms with Gasteiger partial charge in [0.2, 0.25) is 0 Å². The SMILES string of the molecule is C=C(C)C(=O)OCCCCCCSc1nccc(SC(CCCCC)OC(=O)C(=C)C)n1. The maximum Gasteiger partial charge on any atom is 0.334 e. The summed E-state index contributed by atoms with van der Waals surface area (Å²) in [5.74, 6) is 0.235. The van der Waals surface area contributed by atoms with Gasteiger partial charge in [0.15, 0.2) is 10.6 Å². The van der Waals surface area contributed by atoms with Gasteiger partial charge in [0, 0.05) is 23.1 Å². The van der Waals surface area contributed by atoms with Gasteiger partial charge in [0.25, 0.3) is 0 Å². The van der Waals surface area contributed by atoms with Crippen molar-refractivity contribution in [2.45, 2.75) is 87.8 Å². The molecule has 6 nitrogen and oxygen atoms in total. The number of thioether (sulfide) groups is 2. The molecule has 1 aromatic heterocycles. The van der Waals surface area contributed by atoms with Crippen LogP contribution in [0.1, 0.15) is 72.1 Å². The molecular formula is C24H36N2O4S2. The second-order valence-corrected chi connectivity index (χ2v) is 9.83. The number of unbranched alkanes of at least 4 members (excludes halogenated alkanes) is 5. The molecule has 0 amide bonds. The van der Waals surface area contributed by atoms with E-state index in [0.29, 0.717) is 17.8 Å². The number of hydrogen-bond acceptors (Lipinski definition) is 8. The molecule has 0 N–H and O–H groups in total. The highest BCUT2D eigenvalue weighted by Crippen LogP contribution is 2.28. The lowest BCUT2D eigenvalue weighted by atomic mass is 10.2. The average molecular weight is 481 g/mol. The van der Waals surface area contributed by atoms with E-state index in [2.05, 4.69) is 30.0 Å². The van der Waals surface area contributed by atoms with Crippen LogP contribution >= 0.6 is 23.5 Å². The Balaban J connectivity index is 2.40. The third kappa shape index (κ3) is 12.9. The van der Waals surface area contributed by atoms with Crippen LogP contribution in [0.15, 0.2) is 46.7 Å². The molecule has 0 saturated carbocycles. The van der Waals surface area contributed by atoms with Crippen LogP contribution in [0.25, 0.3) is 0 Å². The minimum Gasteiger partial charge on any atom is -0.462 e. The summed E-state index contributed by atoms with van der Waals surface area (Å²) in [7, 11) is 0. The quantitative estimate of drug-likeness (QED) is 0.0484. The van der Waals surface area contributed by atoms with E-state index in [1.54, 1.807) is 31.8 Å². The van der Waals surface area contributed by atoms with E-state index in [1.165, 1.54) is 11.8 Å². The smallest absolute Gasteiger partial charge is 0.334 e. The Morgan fingerprint density at radius 2 is 1.75 bits per heavy atom. The Bertz CT molecular complexity index is 755. The number of aromatic nitrogens is 2. The first-order valence-electron chi connectivity index (χ1n) is 11.1. The highest BCUT2D eigenvalue weighted by atomic mass is 32.2. The van der Waals surface area contributed by atoms with Gasteiger partial charge in [-0.05, 0) is 45.6 Å². The zero-order valence-corrected chi connectivity index (χ0v) is 21.2. The molecule has 1 rings (SSSR count). The van der Waals surface area contributed by atoms with Crippen LogP contribution in [-0.2, 0) is 19.1 Å². The average Bonchev–Trinajstić information content (AvgIpc) is 2.75. The van der Waals surface area contributed by atoms with Crippen molar-refractivity contribution in [1.29, 1.82) is 0 Å². The number of carbonyl (C=O) groups is 2. The second-order valence-electron chi connectivity index (χ2n) is 7.59. The van der Waals surface area contributed by atoms with Crippen LogP contribution in [0.4, 0.5) is 0 Å². The number of nitrogens with zero attached hydrogens (tertiary/aromatic N) is 2. The molecule has 0 spiro atoms. The van der Waals surface area contributed by atoms with Crippen LogP contribution < -0.4 is 0 Å². The van der Waals surface area contributed by atoms with Crippen molar-refractivity contribution < 1.29 is 19.1 Å². The van der Waals surface area contributed by atoms with Crippen molar-refractivity contribution in [3.8, 4) is 0 Å². The molecule has 0 aliphatic heterocycles. The predicted octanol–water partition coefficient (Wildman–Crippen LogP) is 6.37. The van der Waals surface area contributed by atoms with Gasteiger partial charge in [-0.2, -0.15) is 0 Å². The number of carbonyl (C=O) groups excluding carboxylic acids is 2. The largest absolute Gasteiger partial charge is 0.462 e. The van der Waals surface area contributed by atoms with E-state index in [1.807, 2.05) is 6.07 Å². The highest BCUT2D eigenvalue weighted by Gasteiger charge is 2.17. The molecule has 0 radical (unpaired) electrons. The Morgan fingerprint density at radius 3 is 2.44 bits per heavy atom. The first-order valence-corrected chi connectivity index (χ1v) is 13.0. The van der Waals surface area contributed by atoms with Crippen molar-refractivity contribution >= 4 is 35.5 Å². The van der Waals surface area contributed by atoms with Crippen molar-refractivity contribution in [2.24, 2.45) is 0 Å². The summed E-state index contributed by atoms with van der Waals surface area (Å²) in [5.41, 5.74) is 0.555. The van der Waals surface area contributed by atoms with Gasteiger partial charge >= 0.3 is 11.9 Å². The van der Waals surface area contributed by atoms with Gasteiger partial charge in [0.1, 0.15) is 5.03 Å². The number of hydrogen-bond donors (Lipinski definition) is 0. The molecule has 0 aromatic carbocycles. The van der Waals surface area contributed by atoms with Gasteiger partial charge in [0.05, 0.1) is 6.61 Å². The van der Waals surface area contributed by atoms with E-state index >= 15 is 0 Å². The fraction of sp³-hybridized carbons (Fsp3) is 0.583. The number of ether oxygens (including phenoxy) is 2. The lowest BCUT2D eigenvalue weighted by Gasteiger charge is -2.17. The van der Waals surface area contributed by atoms with Gasteiger partial charge in [-0.1, -0.05) is 69.3 Å². The lowest BCUT2D eigenvalue weighted by Crippen LogP contribution is -2.15. The van der Waals surface area contributed by atoms with Gasteiger partial charge in [-0.15, -0.1) is 0 Å². The standard InChI is InChI=1S/C24H36N2O4S2/c1-6-7-10-13-21(30-23(28)19(4)5)32-20-14-15-25-24(26-20)31-17-12-9-8-11-16-29-22(27)18(2)3/h14-15,21H,2,4,6-13,16-17H2,1,3,5H3. The Hall–Kier alpha value is -1.80. The molecule has 0 saturated heterocycles. The molecule has 1 heterocycles. The molecule has 0 fully saturated rings. The number of rotatable bonds is 17. The summed E-state index contributed by atoms with van der Waals surface area (Å²) in [4.78, 5) is 32.2. The highest BCUT2D eigenvalue weighted by molar-refractivity contribution is 8.00.